The highest BCUT2D eigenvalue weighted by Gasteiger charge is 2.28. The minimum Gasteiger partial charge on any atom is -0.368 e. The average molecular weight is 288 g/mol. The number of carbonyl (C=O) groups excluding carboxylic acids is 1. The number of sulfonamides is 1. The summed E-state index contributed by atoms with van der Waals surface area (Å²) in [6.45, 7) is 4.93. The van der Waals surface area contributed by atoms with Crippen LogP contribution in [0.2, 0.25) is 0 Å². The number of carbonyl (C=O) groups is 1. The van der Waals surface area contributed by atoms with Gasteiger partial charge in [0.05, 0.1) is 0 Å². The van der Waals surface area contributed by atoms with Gasteiger partial charge in [-0.3, -0.25) is 4.79 Å². The van der Waals surface area contributed by atoms with Crippen molar-refractivity contribution in [2.24, 2.45) is 11.7 Å². The largest absolute Gasteiger partial charge is 0.368 e. The Morgan fingerprint density at radius 1 is 1.37 bits per heavy atom. The summed E-state index contributed by atoms with van der Waals surface area (Å²) in [4.78, 5) is 10.7. The molecule has 0 unspecified atom stereocenters. The Labute approximate surface area is 112 Å². The molecule has 19 heavy (non-hydrogen) atoms. The van der Waals surface area contributed by atoms with Crippen molar-refractivity contribution in [3.63, 3.8) is 0 Å². The van der Waals surface area contributed by atoms with E-state index < -0.39 is 32.7 Å². The molecule has 1 aromatic carbocycles. The van der Waals surface area contributed by atoms with Crippen LogP contribution in [-0.4, -0.2) is 20.4 Å². The van der Waals surface area contributed by atoms with Crippen molar-refractivity contribution in [1.29, 1.82) is 0 Å². The van der Waals surface area contributed by atoms with E-state index in [9.17, 15) is 17.6 Å². The van der Waals surface area contributed by atoms with Crippen molar-refractivity contribution < 1.29 is 17.6 Å². The van der Waals surface area contributed by atoms with E-state index in [0.29, 0.717) is 5.56 Å². The highest BCUT2D eigenvalue weighted by molar-refractivity contribution is 7.89. The molecule has 0 saturated carbocycles. The molecule has 7 heteroatoms. The lowest BCUT2D eigenvalue weighted by molar-refractivity contribution is -0.120. The molecule has 1 aromatic rings. The normalized spacial score (nSPS) is 13.5. The average Bonchev–Trinajstić information content (AvgIpc) is 2.28. The molecule has 0 radical (unpaired) electrons. The van der Waals surface area contributed by atoms with Gasteiger partial charge in [0.1, 0.15) is 16.8 Å². The molecule has 106 valence electrons. The molecule has 0 bridgehead atoms. The number of hydrogen-bond acceptors (Lipinski definition) is 3. The van der Waals surface area contributed by atoms with Gasteiger partial charge in [-0.2, -0.15) is 4.72 Å². The molecule has 0 saturated heterocycles. The van der Waals surface area contributed by atoms with Gasteiger partial charge in [-0.05, 0) is 30.5 Å². The maximum absolute atomic E-state index is 13.6. The van der Waals surface area contributed by atoms with Gasteiger partial charge in [-0.25, -0.2) is 12.8 Å². The number of nitrogens with one attached hydrogen (secondary N) is 1. The molecule has 3 N–H and O–H groups in total. The van der Waals surface area contributed by atoms with Crippen LogP contribution in [0, 0.1) is 18.7 Å². The fourth-order valence-corrected chi connectivity index (χ4v) is 3.09. The predicted octanol–water partition coefficient (Wildman–Crippen LogP) is 0.922. The van der Waals surface area contributed by atoms with Gasteiger partial charge >= 0.3 is 0 Å². The summed E-state index contributed by atoms with van der Waals surface area (Å²) in [6.07, 6.45) is 0. The van der Waals surface area contributed by atoms with Crippen molar-refractivity contribution in [3.05, 3.63) is 29.6 Å². The summed E-state index contributed by atoms with van der Waals surface area (Å²) >= 11 is 0. The Kier molecular flexibility index (Phi) is 4.65. The summed E-state index contributed by atoms with van der Waals surface area (Å²) in [6, 6.07) is 2.65. The van der Waals surface area contributed by atoms with Gasteiger partial charge < -0.3 is 5.73 Å². The SMILES string of the molecule is Cc1ccc(F)c(S(=O)(=O)N[C@H](C(N)=O)C(C)C)c1. The Balaban J connectivity index is 3.17. The summed E-state index contributed by atoms with van der Waals surface area (Å²) < 4.78 is 39.8. The van der Waals surface area contributed by atoms with E-state index in [1.807, 2.05) is 0 Å². The van der Waals surface area contributed by atoms with Gasteiger partial charge in [0.15, 0.2) is 0 Å². The van der Waals surface area contributed by atoms with Crippen LogP contribution in [0.15, 0.2) is 23.1 Å². The first-order chi connectivity index (χ1) is 8.65. The standard InChI is InChI=1S/C12H17FN2O3S/c1-7(2)11(12(14)16)15-19(17,18)10-6-8(3)4-5-9(10)13/h4-7,11,15H,1-3H3,(H2,14,16)/t11-/m0/s1. The van der Waals surface area contributed by atoms with Crippen LogP contribution in [0.4, 0.5) is 4.39 Å². The van der Waals surface area contributed by atoms with Crippen LogP contribution >= 0.6 is 0 Å². The monoisotopic (exact) mass is 288 g/mol. The second-order valence-electron chi connectivity index (χ2n) is 4.68. The number of primary amides is 1. The highest BCUT2D eigenvalue weighted by atomic mass is 32.2. The maximum atomic E-state index is 13.6. The van der Waals surface area contributed by atoms with E-state index in [1.54, 1.807) is 20.8 Å². The number of halogens is 1. The molecular formula is C12H17FN2O3S. The van der Waals surface area contributed by atoms with Gasteiger partial charge in [-0.15, -0.1) is 0 Å². The van der Waals surface area contributed by atoms with Crippen molar-refractivity contribution >= 4 is 15.9 Å². The zero-order chi connectivity index (χ0) is 14.8. The predicted molar refractivity (Wildman–Crippen MR) is 69.3 cm³/mol. The quantitative estimate of drug-likeness (QED) is 0.844. The first-order valence-electron chi connectivity index (χ1n) is 5.73. The summed E-state index contributed by atoms with van der Waals surface area (Å²) in [5, 5.41) is 0. The smallest absolute Gasteiger partial charge is 0.244 e. The van der Waals surface area contributed by atoms with Gasteiger partial charge in [0, 0.05) is 0 Å². The lowest BCUT2D eigenvalue weighted by atomic mass is 10.1. The van der Waals surface area contributed by atoms with Crippen molar-refractivity contribution in [1.82, 2.24) is 4.72 Å². The Bertz CT molecular complexity index is 585. The van der Waals surface area contributed by atoms with Crippen LogP contribution in [-0.2, 0) is 14.8 Å². The van der Waals surface area contributed by atoms with Crippen LogP contribution < -0.4 is 10.5 Å². The first-order valence-corrected chi connectivity index (χ1v) is 7.21. The minimum atomic E-state index is -4.13. The van der Waals surface area contributed by atoms with Crippen molar-refractivity contribution in [2.45, 2.75) is 31.7 Å². The lowest BCUT2D eigenvalue weighted by Gasteiger charge is -2.19. The number of amides is 1. The molecule has 0 spiro atoms. The number of rotatable bonds is 5. The topological polar surface area (TPSA) is 89.3 Å². The number of nitrogens with two attached hydrogens (primary N) is 1. The van der Waals surface area contributed by atoms with Gasteiger partial charge in [0.25, 0.3) is 0 Å². The molecular weight excluding hydrogens is 271 g/mol. The summed E-state index contributed by atoms with van der Waals surface area (Å²) in [5.74, 6) is -2.00. The molecule has 1 amide bonds. The molecule has 0 aliphatic heterocycles. The molecule has 0 fully saturated rings. The van der Waals surface area contributed by atoms with E-state index in [0.717, 1.165) is 6.07 Å². The fraction of sp³-hybridized carbons (Fsp3) is 0.417. The third kappa shape index (κ3) is 3.74. The van der Waals surface area contributed by atoms with E-state index in [4.69, 9.17) is 5.73 Å². The molecule has 0 heterocycles. The molecule has 0 aromatic heterocycles. The van der Waals surface area contributed by atoms with E-state index in [-0.39, 0.29) is 5.92 Å². The Hall–Kier alpha value is -1.47. The van der Waals surface area contributed by atoms with Crippen LogP contribution in [0.3, 0.4) is 0 Å². The lowest BCUT2D eigenvalue weighted by Crippen LogP contribution is -2.47. The zero-order valence-corrected chi connectivity index (χ0v) is 11.8. The molecule has 5 nitrogen and oxygen atoms in total. The van der Waals surface area contributed by atoms with E-state index in [2.05, 4.69) is 4.72 Å². The zero-order valence-electron chi connectivity index (χ0n) is 11.0. The number of aryl methyl sites for hydroxylation is 1. The maximum Gasteiger partial charge on any atom is 0.244 e. The first kappa shape index (κ1) is 15.6. The molecule has 1 rings (SSSR count). The fourth-order valence-electron chi connectivity index (χ4n) is 1.57. The number of hydrogen-bond donors (Lipinski definition) is 2. The second kappa shape index (κ2) is 5.66. The second-order valence-corrected chi connectivity index (χ2v) is 6.36. The van der Waals surface area contributed by atoms with Crippen LogP contribution in [0.25, 0.3) is 0 Å². The third-order valence-electron chi connectivity index (χ3n) is 2.63. The van der Waals surface area contributed by atoms with Crippen molar-refractivity contribution in [3.8, 4) is 0 Å². The number of benzene rings is 1. The Morgan fingerprint density at radius 3 is 2.42 bits per heavy atom. The van der Waals surface area contributed by atoms with Crippen molar-refractivity contribution in [2.75, 3.05) is 0 Å². The molecule has 0 aliphatic rings. The molecule has 0 aliphatic carbocycles. The van der Waals surface area contributed by atoms with E-state index >= 15 is 0 Å². The summed E-state index contributed by atoms with van der Waals surface area (Å²) in [5.41, 5.74) is 5.73. The minimum absolute atomic E-state index is 0.333. The highest BCUT2D eigenvalue weighted by Crippen LogP contribution is 2.17. The van der Waals surface area contributed by atoms with Gasteiger partial charge in [-0.1, -0.05) is 19.9 Å². The van der Waals surface area contributed by atoms with Gasteiger partial charge in [0.2, 0.25) is 15.9 Å². The van der Waals surface area contributed by atoms with Crippen LogP contribution in [0.5, 0.6) is 0 Å². The van der Waals surface area contributed by atoms with E-state index in [1.165, 1.54) is 12.1 Å². The molecule has 1 atom stereocenters. The Morgan fingerprint density at radius 2 is 1.95 bits per heavy atom. The third-order valence-corrected chi connectivity index (χ3v) is 4.09. The van der Waals surface area contributed by atoms with Crippen LogP contribution in [0.1, 0.15) is 19.4 Å². The summed E-state index contributed by atoms with van der Waals surface area (Å²) in [7, 11) is -4.13.